The summed E-state index contributed by atoms with van der Waals surface area (Å²) in [5.74, 6) is -0.155. The average Bonchev–Trinajstić information content (AvgIpc) is 3.34. The minimum atomic E-state index is -3.39. The number of methoxy groups -OCH3 is 1. The van der Waals surface area contributed by atoms with Crippen molar-refractivity contribution in [3.8, 4) is 0 Å². The number of halogens is 1. The lowest BCUT2D eigenvalue weighted by Gasteiger charge is -2.34. The van der Waals surface area contributed by atoms with Crippen molar-refractivity contribution in [1.82, 2.24) is 8.61 Å². The first-order chi connectivity index (χ1) is 14.9. The molecule has 6 nitrogen and oxygen atoms in total. The molecule has 0 unspecified atom stereocenters. The second-order valence-electron chi connectivity index (χ2n) is 8.41. The number of carbonyl (C=O) groups excluding carboxylic acids is 1. The summed E-state index contributed by atoms with van der Waals surface area (Å²) in [5.41, 5.74) is 2.53. The topological polar surface area (TPSA) is 66.9 Å². The Morgan fingerprint density at radius 2 is 1.71 bits per heavy atom. The molecule has 0 amide bonds. The molecule has 0 spiro atoms. The molecule has 0 aromatic heterocycles. The van der Waals surface area contributed by atoms with Gasteiger partial charge in [0.1, 0.15) is 6.67 Å². The molecular weight excluding hydrogens is 419 g/mol. The van der Waals surface area contributed by atoms with Crippen LogP contribution in [0.2, 0.25) is 0 Å². The number of ether oxygens (including phenoxy) is 1. The number of esters is 1. The molecule has 0 saturated carbocycles. The van der Waals surface area contributed by atoms with Crippen LogP contribution in [-0.2, 0) is 32.8 Å². The lowest BCUT2D eigenvalue weighted by Crippen LogP contribution is -2.45. The van der Waals surface area contributed by atoms with Gasteiger partial charge in [-0.2, -0.15) is 17.0 Å². The van der Waals surface area contributed by atoms with Gasteiger partial charge in [-0.05, 0) is 65.1 Å². The Kier molecular flexibility index (Phi) is 6.60. The quantitative estimate of drug-likeness (QED) is 0.634. The number of alkyl halides is 1. The summed E-state index contributed by atoms with van der Waals surface area (Å²) in [6.45, 7) is 1.61. The number of benzene rings is 2. The normalized spacial score (nSPS) is 19.2. The van der Waals surface area contributed by atoms with Crippen molar-refractivity contribution >= 4 is 27.0 Å². The maximum atomic E-state index is 13.3. The lowest BCUT2D eigenvalue weighted by molar-refractivity contribution is -0.139. The summed E-state index contributed by atoms with van der Waals surface area (Å²) in [6.07, 6.45) is 3.41. The number of carbonyl (C=O) groups is 1. The Bertz CT molecular complexity index is 1060. The number of rotatable bonds is 6. The van der Waals surface area contributed by atoms with Crippen molar-refractivity contribution in [2.24, 2.45) is 0 Å². The molecule has 0 radical (unpaired) electrons. The third kappa shape index (κ3) is 4.61. The van der Waals surface area contributed by atoms with Crippen LogP contribution in [0.1, 0.15) is 48.3 Å². The van der Waals surface area contributed by atoms with Crippen molar-refractivity contribution in [2.75, 3.05) is 33.3 Å². The van der Waals surface area contributed by atoms with E-state index in [0.717, 1.165) is 34.7 Å². The average molecular weight is 449 g/mol. The molecule has 0 atom stereocenters. The van der Waals surface area contributed by atoms with Gasteiger partial charge in [0.15, 0.2) is 0 Å². The standard InChI is InChI=1S/C23H29FN2O4S/c1-30-23(27)15-18-12-20-5-4-17(16-24)13-22(20)21(14-18)19-6-10-26(11-7-19)31(28,29)25-8-2-3-9-25/h4-5,12-14,19H,2-3,6-11,15-16H2,1H3. The molecule has 2 aromatic rings. The van der Waals surface area contributed by atoms with Crippen molar-refractivity contribution in [3.63, 3.8) is 0 Å². The molecule has 2 aliphatic rings. The fourth-order valence-electron chi connectivity index (χ4n) is 4.74. The Labute approximate surface area is 183 Å². The highest BCUT2D eigenvalue weighted by molar-refractivity contribution is 7.86. The second-order valence-corrected chi connectivity index (χ2v) is 10.3. The van der Waals surface area contributed by atoms with Crippen molar-refractivity contribution in [3.05, 3.63) is 47.0 Å². The Balaban J connectivity index is 1.61. The van der Waals surface area contributed by atoms with E-state index in [2.05, 4.69) is 0 Å². The zero-order chi connectivity index (χ0) is 22.0. The van der Waals surface area contributed by atoms with Crippen LogP contribution in [0.15, 0.2) is 30.3 Å². The van der Waals surface area contributed by atoms with E-state index in [1.165, 1.54) is 7.11 Å². The molecule has 0 bridgehead atoms. The summed E-state index contributed by atoms with van der Waals surface area (Å²) >= 11 is 0. The molecule has 2 aromatic carbocycles. The fourth-order valence-corrected chi connectivity index (χ4v) is 6.46. The predicted molar refractivity (Wildman–Crippen MR) is 118 cm³/mol. The monoisotopic (exact) mass is 448 g/mol. The predicted octanol–water partition coefficient (Wildman–Crippen LogP) is 3.54. The number of piperidine rings is 1. The summed E-state index contributed by atoms with van der Waals surface area (Å²) < 4.78 is 47.1. The van der Waals surface area contributed by atoms with Gasteiger partial charge in [-0.3, -0.25) is 4.79 Å². The largest absolute Gasteiger partial charge is 0.469 e. The van der Waals surface area contributed by atoms with Crippen LogP contribution < -0.4 is 0 Å². The summed E-state index contributed by atoms with van der Waals surface area (Å²) in [7, 11) is -2.02. The molecule has 2 saturated heterocycles. The molecule has 2 aliphatic heterocycles. The van der Waals surface area contributed by atoms with Crippen LogP contribution in [0.3, 0.4) is 0 Å². The van der Waals surface area contributed by atoms with E-state index in [1.54, 1.807) is 14.7 Å². The van der Waals surface area contributed by atoms with E-state index >= 15 is 0 Å². The first kappa shape index (κ1) is 22.2. The SMILES string of the molecule is COC(=O)Cc1cc(C2CCN(S(=O)(=O)N3CCCC3)CC2)c2cc(CF)ccc2c1. The van der Waals surface area contributed by atoms with Gasteiger partial charge in [-0.25, -0.2) is 4.39 Å². The number of hydrogen-bond donors (Lipinski definition) is 0. The van der Waals surface area contributed by atoms with Gasteiger partial charge in [-0.1, -0.05) is 24.3 Å². The van der Waals surface area contributed by atoms with Crippen LogP contribution in [0.4, 0.5) is 4.39 Å². The highest BCUT2D eigenvalue weighted by Crippen LogP contribution is 2.36. The van der Waals surface area contributed by atoms with E-state index < -0.39 is 16.9 Å². The zero-order valence-corrected chi connectivity index (χ0v) is 18.7. The Morgan fingerprint density at radius 1 is 1.03 bits per heavy atom. The summed E-state index contributed by atoms with van der Waals surface area (Å²) in [5, 5.41) is 1.94. The van der Waals surface area contributed by atoms with E-state index in [1.807, 2.05) is 24.3 Å². The van der Waals surface area contributed by atoms with Gasteiger partial charge in [-0.15, -0.1) is 0 Å². The molecule has 168 valence electrons. The zero-order valence-electron chi connectivity index (χ0n) is 17.8. The molecule has 2 fully saturated rings. The van der Waals surface area contributed by atoms with Gasteiger partial charge in [0.05, 0.1) is 13.5 Å². The first-order valence-corrected chi connectivity index (χ1v) is 12.3. The lowest BCUT2D eigenvalue weighted by atomic mass is 9.85. The van der Waals surface area contributed by atoms with Crippen LogP contribution in [0, 0.1) is 0 Å². The molecule has 8 heteroatoms. The number of hydrogen-bond acceptors (Lipinski definition) is 4. The Hall–Kier alpha value is -2.03. The molecule has 31 heavy (non-hydrogen) atoms. The van der Waals surface area contributed by atoms with Crippen LogP contribution in [0.5, 0.6) is 0 Å². The van der Waals surface area contributed by atoms with Crippen molar-refractivity contribution in [2.45, 2.75) is 44.7 Å². The second kappa shape index (κ2) is 9.22. The smallest absolute Gasteiger partial charge is 0.309 e. The highest BCUT2D eigenvalue weighted by atomic mass is 32.2. The Morgan fingerprint density at radius 3 is 2.35 bits per heavy atom. The third-order valence-corrected chi connectivity index (χ3v) is 8.49. The number of fused-ring (bicyclic) bond motifs is 1. The maximum absolute atomic E-state index is 13.3. The first-order valence-electron chi connectivity index (χ1n) is 10.9. The number of nitrogens with zero attached hydrogens (tertiary/aromatic N) is 2. The van der Waals surface area contributed by atoms with Crippen LogP contribution >= 0.6 is 0 Å². The molecule has 2 heterocycles. The minimum Gasteiger partial charge on any atom is -0.469 e. The third-order valence-electron chi connectivity index (χ3n) is 6.45. The van der Waals surface area contributed by atoms with Crippen LogP contribution in [-0.4, -0.2) is 56.3 Å². The van der Waals surface area contributed by atoms with Gasteiger partial charge < -0.3 is 4.74 Å². The molecule has 0 N–H and O–H groups in total. The maximum Gasteiger partial charge on any atom is 0.309 e. The van der Waals surface area contributed by atoms with Gasteiger partial charge in [0, 0.05) is 26.2 Å². The minimum absolute atomic E-state index is 0.153. The summed E-state index contributed by atoms with van der Waals surface area (Å²) in [4.78, 5) is 11.8. The van der Waals surface area contributed by atoms with Crippen molar-refractivity contribution in [1.29, 1.82) is 0 Å². The van der Waals surface area contributed by atoms with Crippen LogP contribution in [0.25, 0.3) is 10.8 Å². The molecular formula is C23H29FN2O4S. The van der Waals surface area contributed by atoms with E-state index in [0.29, 0.717) is 44.6 Å². The van der Waals surface area contributed by atoms with Crippen molar-refractivity contribution < 1.29 is 22.3 Å². The van der Waals surface area contributed by atoms with E-state index in [9.17, 15) is 17.6 Å². The highest BCUT2D eigenvalue weighted by Gasteiger charge is 2.34. The molecule has 4 rings (SSSR count). The van der Waals surface area contributed by atoms with E-state index in [-0.39, 0.29) is 18.3 Å². The van der Waals surface area contributed by atoms with E-state index in [4.69, 9.17) is 4.74 Å². The van der Waals surface area contributed by atoms with Gasteiger partial charge >= 0.3 is 5.97 Å². The van der Waals surface area contributed by atoms with Gasteiger partial charge in [0.2, 0.25) is 0 Å². The summed E-state index contributed by atoms with van der Waals surface area (Å²) in [6, 6.07) is 9.49. The molecule has 0 aliphatic carbocycles. The fraction of sp³-hybridized carbons (Fsp3) is 0.522. The van der Waals surface area contributed by atoms with Gasteiger partial charge in [0.25, 0.3) is 10.2 Å².